The number of methoxy groups -OCH3 is 1. The summed E-state index contributed by atoms with van der Waals surface area (Å²) in [6, 6.07) is 13.8. The number of carbonyl (C=O) groups excluding carboxylic acids is 2. The summed E-state index contributed by atoms with van der Waals surface area (Å²) in [5.41, 5.74) is 0.524. The minimum atomic E-state index is -4.37. The molecule has 2 amide bonds. The highest BCUT2D eigenvalue weighted by Gasteiger charge is 2.62. The second-order valence-electron chi connectivity index (χ2n) is 6.25. The number of carbonyl (C=O) groups is 3. The van der Waals surface area contributed by atoms with E-state index in [4.69, 9.17) is 9.84 Å². The van der Waals surface area contributed by atoms with E-state index >= 15 is 0 Å². The number of nitrogens with zero attached hydrogens (tertiary/aromatic N) is 1. The van der Waals surface area contributed by atoms with Gasteiger partial charge in [-0.25, -0.2) is 8.42 Å². The van der Waals surface area contributed by atoms with E-state index in [1.165, 1.54) is 31.4 Å². The molecule has 0 bridgehead atoms. The van der Waals surface area contributed by atoms with E-state index in [1.807, 2.05) is 0 Å². The third kappa shape index (κ3) is 3.73. The van der Waals surface area contributed by atoms with Gasteiger partial charge in [0.15, 0.2) is 0 Å². The fraction of sp³-hybridized carbons (Fsp3) is 0.211. The number of rotatable bonds is 7. The molecule has 1 aliphatic heterocycles. The number of imide groups is 1. The Morgan fingerprint density at radius 1 is 1.10 bits per heavy atom. The van der Waals surface area contributed by atoms with Gasteiger partial charge in [-0.05, 0) is 41.6 Å². The van der Waals surface area contributed by atoms with Crippen molar-refractivity contribution in [1.82, 2.24) is 4.90 Å². The lowest BCUT2D eigenvalue weighted by atomic mass is 10.1. The molecule has 1 saturated heterocycles. The van der Waals surface area contributed by atoms with Crippen LogP contribution in [0.25, 0.3) is 0 Å². The van der Waals surface area contributed by atoms with E-state index in [0.717, 1.165) is 0 Å². The van der Waals surface area contributed by atoms with Crippen molar-refractivity contribution in [2.24, 2.45) is 0 Å². The number of thioether (sulfide) groups is 1. The molecule has 1 heterocycles. The molecule has 2 aromatic carbocycles. The van der Waals surface area contributed by atoms with Crippen molar-refractivity contribution < 1.29 is 32.6 Å². The van der Waals surface area contributed by atoms with E-state index in [0.29, 0.717) is 28.0 Å². The monoisotopic (exact) mass is 435 g/mol. The predicted molar refractivity (Wildman–Crippen MR) is 105 cm³/mol. The van der Waals surface area contributed by atoms with Gasteiger partial charge in [0.25, 0.3) is 11.1 Å². The third-order valence-corrected chi connectivity index (χ3v) is 8.45. The molecule has 1 N–H and O–H groups in total. The molecular formula is C19H17NO7S2. The average molecular weight is 435 g/mol. The molecule has 0 spiro atoms. The van der Waals surface area contributed by atoms with Gasteiger partial charge in [-0.3, -0.25) is 19.3 Å². The van der Waals surface area contributed by atoms with Crippen molar-refractivity contribution in [2.45, 2.75) is 15.4 Å². The number of carboxylic acid groups (broad SMARTS) is 1. The Hall–Kier alpha value is -2.85. The number of benzene rings is 2. The first-order valence-electron chi connectivity index (χ1n) is 8.40. The zero-order chi connectivity index (χ0) is 21.2. The van der Waals surface area contributed by atoms with Crippen LogP contribution in [-0.4, -0.2) is 53.3 Å². The lowest BCUT2D eigenvalue weighted by molar-refractivity contribution is -0.141. The van der Waals surface area contributed by atoms with Crippen molar-refractivity contribution in [2.75, 3.05) is 13.7 Å². The van der Waals surface area contributed by atoms with E-state index in [2.05, 4.69) is 0 Å². The molecular weight excluding hydrogens is 418 g/mol. The molecule has 29 heavy (non-hydrogen) atoms. The van der Waals surface area contributed by atoms with Gasteiger partial charge < -0.3 is 9.84 Å². The molecule has 152 valence electrons. The topological polar surface area (TPSA) is 118 Å². The summed E-state index contributed by atoms with van der Waals surface area (Å²) < 4.78 is 29.9. The molecule has 0 aliphatic carbocycles. The number of hydrogen-bond acceptors (Lipinski definition) is 7. The Bertz CT molecular complexity index is 1050. The van der Waals surface area contributed by atoms with Gasteiger partial charge in [0.05, 0.1) is 12.0 Å². The molecule has 3 rings (SSSR count). The van der Waals surface area contributed by atoms with E-state index in [9.17, 15) is 22.8 Å². The molecule has 10 heteroatoms. The highest BCUT2D eigenvalue weighted by Crippen LogP contribution is 2.47. The number of aliphatic carboxylic acids is 1. The number of carboxylic acids is 1. The van der Waals surface area contributed by atoms with Crippen LogP contribution in [0.2, 0.25) is 0 Å². The van der Waals surface area contributed by atoms with Gasteiger partial charge >= 0.3 is 5.97 Å². The molecule has 0 radical (unpaired) electrons. The summed E-state index contributed by atoms with van der Waals surface area (Å²) in [5, 5.41) is 8.12. The average Bonchev–Trinajstić information content (AvgIpc) is 2.94. The van der Waals surface area contributed by atoms with Crippen LogP contribution in [0, 0.1) is 0 Å². The Kier molecular flexibility index (Phi) is 5.67. The summed E-state index contributed by atoms with van der Waals surface area (Å²) in [6.07, 6.45) is -0.284. The van der Waals surface area contributed by atoms with Gasteiger partial charge in [-0.1, -0.05) is 30.3 Å². The van der Waals surface area contributed by atoms with Crippen LogP contribution in [0.4, 0.5) is 4.79 Å². The fourth-order valence-electron chi connectivity index (χ4n) is 2.99. The van der Waals surface area contributed by atoms with Crippen molar-refractivity contribution >= 4 is 38.7 Å². The van der Waals surface area contributed by atoms with Crippen LogP contribution in [0.5, 0.6) is 5.75 Å². The SMILES string of the molecule is COc1ccc(S(=O)(=O)C2(Cc3ccccc3)SC(=O)N(CC(=O)O)C2=O)cc1. The van der Waals surface area contributed by atoms with Gasteiger partial charge in [-0.15, -0.1) is 0 Å². The zero-order valence-electron chi connectivity index (χ0n) is 15.3. The number of sulfone groups is 1. The van der Waals surface area contributed by atoms with Crippen LogP contribution in [-0.2, 0) is 25.8 Å². The van der Waals surface area contributed by atoms with Crippen LogP contribution >= 0.6 is 11.8 Å². The number of ether oxygens (including phenoxy) is 1. The molecule has 0 saturated carbocycles. The Labute approximate surface area is 171 Å². The summed E-state index contributed by atoms with van der Waals surface area (Å²) in [6.45, 7) is -0.903. The standard InChI is InChI=1S/C19H17NO7S2/c1-27-14-7-9-15(10-8-14)29(25,26)19(11-13-5-3-2-4-6-13)17(23)20(12-16(21)22)18(24)28-19/h2-10H,11-12H2,1H3,(H,21,22). The van der Waals surface area contributed by atoms with Crippen LogP contribution in [0.3, 0.4) is 0 Å². The Balaban J connectivity index is 2.14. The number of amides is 2. The molecule has 2 aromatic rings. The minimum Gasteiger partial charge on any atom is -0.497 e. The lowest BCUT2D eigenvalue weighted by Crippen LogP contribution is -2.48. The van der Waals surface area contributed by atoms with Gasteiger partial charge in [0, 0.05) is 6.42 Å². The molecule has 0 aromatic heterocycles. The first-order chi connectivity index (χ1) is 13.7. The van der Waals surface area contributed by atoms with Crippen LogP contribution in [0.1, 0.15) is 5.56 Å². The molecule has 1 aliphatic rings. The highest BCUT2D eigenvalue weighted by molar-refractivity contribution is 8.25. The van der Waals surface area contributed by atoms with E-state index in [-0.39, 0.29) is 11.3 Å². The fourth-order valence-corrected chi connectivity index (χ4v) is 6.48. The minimum absolute atomic E-state index is 0.167. The maximum atomic E-state index is 13.5. The largest absolute Gasteiger partial charge is 0.497 e. The second-order valence-corrected chi connectivity index (χ2v) is 9.93. The number of hydrogen-bond donors (Lipinski definition) is 1. The summed E-state index contributed by atoms with van der Waals surface area (Å²) >= 11 is 0.333. The van der Waals surface area contributed by atoms with Crippen LogP contribution in [0.15, 0.2) is 59.5 Å². The molecule has 8 nitrogen and oxygen atoms in total. The molecule has 1 atom stereocenters. The normalized spacial score (nSPS) is 19.4. The first kappa shape index (κ1) is 20.9. The zero-order valence-corrected chi connectivity index (χ0v) is 16.9. The van der Waals surface area contributed by atoms with E-state index in [1.54, 1.807) is 30.3 Å². The van der Waals surface area contributed by atoms with Gasteiger partial charge in [0.1, 0.15) is 12.3 Å². The van der Waals surface area contributed by atoms with Crippen molar-refractivity contribution in [3.8, 4) is 5.75 Å². The molecule has 1 fully saturated rings. The van der Waals surface area contributed by atoms with Gasteiger partial charge in [-0.2, -0.15) is 0 Å². The van der Waals surface area contributed by atoms with Crippen molar-refractivity contribution in [1.29, 1.82) is 0 Å². The third-order valence-electron chi connectivity index (χ3n) is 4.42. The quantitative estimate of drug-likeness (QED) is 0.703. The lowest BCUT2D eigenvalue weighted by Gasteiger charge is -2.25. The maximum absolute atomic E-state index is 13.5. The summed E-state index contributed by atoms with van der Waals surface area (Å²) in [5.74, 6) is -2.05. The predicted octanol–water partition coefficient (Wildman–Crippen LogP) is 2.19. The Morgan fingerprint density at radius 3 is 2.28 bits per heavy atom. The first-order valence-corrected chi connectivity index (χ1v) is 10.7. The smallest absolute Gasteiger partial charge is 0.323 e. The molecule has 1 unspecified atom stereocenters. The van der Waals surface area contributed by atoms with Crippen LogP contribution < -0.4 is 4.74 Å². The maximum Gasteiger partial charge on any atom is 0.323 e. The second kappa shape index (κ2) is 7.88. The summed E-state index contributed by atoms with van der Waals surface area (Å²) in [7, 11) is -2.94. The van der Waals surface area contributed by atoms with E-state index < -0.39 is 37.6 Å². The Morgan fingerprint density at radius 2 is 1.72 bits per heavy atom. The summed E-state index contributed by atoms with van der Waals surface area (Å²) in [4.78, 5) is 37.0. The highest BCUT2D eigenvalue weighted by atomic mass is 32.3. The van der Waals surface area contributed by atoms with Crippen molar-refractivity contribution in [3.05, 3.63) is 60.2 Å². The van der Waals surface area contributed by atoms with Crippen molar-refractivity contribution in [3.63, 3.8) is 0 Å². The van der Waals surface area contributed by atoms with Gasteiger partial charge in [0.2, 0.25) is 13.9 Å².